The van der Waals surface area contributed by atoms with Crippen molar-refractivity contribution in [2.75, 3.05) is 0 Å². The number of amidine groups is 1. The first kappa shape index (κ1) is 14.4. The van der Waals surface area contributed by atoms with Gasteiger partial charge in [0.1, 0.15) is 23.2 Å². The smallest absolute Gasteiger partial charge is 0.276 e. The van der Waals surface area contributed by atoms with Crippen molar-refractivity contribution < 1.29 is 14.1 Å². The molecule has 108 valence electrons. The van der Waals surface area contributed by atoms with Gasteiger partial charge >= 0.3 is 0 Å². The number of nitrogen functional groups attached to an aromatic ring is 1. The largest absolute Gasteiger partial charge is 0.456 e. The van der Waals surface area contributed by atoms with Gasteiger partial charge in [-0.25, -0.2) is 4.39 Å². The Morgan fingerprint density at radius 1 is 1.29 bits per heavy atom. The lowest BCUT2D eigenvalue weighted by Crippen LogP contribution is -2.14. The number of ether oxygens (including phenoxy) is 1. The first-order valence-electron chi connectivity index (χ1n) is 5.96. The summed E-state index contributed by atoms with van der Waals surface area (Å²) < 4.78 is 19.2. The third-order valence-corrected chi connectivity index (χ3v) is 2.92. The number of rotatable bonds is 4. The fraction of sp³-hybridized carbons (Fsp3) is 0.0714. The van der Waals surface area contributed by atoms with Gasteiger partial charge in [0.05, 0.1) is 16.1 Å². The molecule has 6 nitrogen and oxygen atoms in total. The van der Waals surface area contributed by atoms with Crippen LogP contribution in [0.3, 0.4) is 0 Å². The summed E-state index contributed by atoms with van der Waals surface area (Å²) in [6, 6.07) is 8.34. The van der Waals surface area contributed by atoms with Gasteiger partial charge in [-0.3, -0.25) is 15.5 Å². The van der Waals surface area contributed by atoms with Gasteiger partial charge < -0.3 is 10.5 Å². The molecule has 0 spiro atoms. The Bertz CT molecular complexity index is 731. The van der Waals surface area contributed by atoms with Gasteiger partial charge in [0.2, 0.25) is 0 Å². The molecule has 0 fully saturated rings. The molecule has 0 saturated heterocycles. The molecule has 7 heteroatoms. The van der Waals surface area contributed by atoms with Crippen LogP contribution in [0.15, 0.2) is 36.4 Å². The van der Waals surface area contributed by atoms with Crippen LogP contribution in [-0.2, 0) is 0 Å². The average molecular weight is 289 g/mol. The quantitative estimate of drug-likeness (QED) is 0.390. The molecule has 0 amide bonds. The molecule has 2 rings (SSSR count). The minimum atomic E-state index is -0.692. The van der Waals surface area contributed by atoms with Crippen molar-refractivity contribution in [1.29, 1.82) is 5.41 Å². The van der Waals surface area contributed by atoms with E-state index in [1.807, 2.05) is 0 Å². The van der Waals surface area contributed by atoms with Crippen LogP contribution in [0.5, 0.6) is 11.5 Å². The van der Waals surface area contributed by atoms with Crippen LogP contribution in [0.2, 0.25) is 0 Å². The lowest BCUT2D eigenvalue weighted by Gasteiger charge is -2.12. The second-order valence-electron chi connectivity index (χ2n) is 4.29. The molecule has 0 aromatic heterocycles. The SMILES string of the molecule is Cc1c(Oc2cccc(F)c2C(=N)N)cccc1[N+](=O)[O-]. The van der Waals surface area contributed by atoms with Crippen LogP contribution in [0.4, 0.5) is 10.1 Å². The second kappa shape index (κ2) is 5.58. The highest BCUT2D eigenvalue weighted by atomic mass is 19.1. The van der Waals surface area contributed by atoms with E-state index in [1.54, 1.807) is 0 Å². The van der Waals surface area contributed by atoms with E-state index < -0.39 is 16.6 Å². The van der Waals surface area contributed by atoms with Gasteiger partial charge in [0.15, 0.2) is 0 Å². The standard InChI is InChI=1S/C14H12FN3O3/c1-8-10(18(19)20)5-3-6-11(8)21-12-7-2-4-9(15)13(12)14(16)17/h2-7H,1H3,(H3,16,17). The molecule has 0 saturated carbocycles. The topological polar surface area (TPSA) is 102 Å². The molecule has 0 heterocycles. The minimum Gasteiger partial charge on any atom is -0.456 e. The van der Waals surface area contributed by atoms with E-state index in [0.29, 0.717) is 5.56 Å². The normalized spacial score (nSPS) is 10.2. The predicted octanol–water partition coefficient (Wildman–Crippen LogP) is 3.12. The van der Waals surface area contributed by atoms with Crippen LogP contribution in [0.1, 0.15) is 11.1 Å². The third kappa shape index (κ3) is 2.81. The number of nitrogens with zero attached hydrogens (tertiary/aromatic N) is 1. The fourth-order valence-electron chi connectivity index (χ4n) is 1.88. The summed E-state index contributed by atoms with van der Waals surface area (Å²) in [7, 11) is 0. The van der Waals surface area contributed by atoms with E-state index in [4.69, 9.17) is 15.9 Å². The molecule has 3 N–H and O–H groups in total. The van der Waals surface area contributed by atoms with E-state index in [-0.39, 0.29) is 22.7 Å². The zero-order valence-corrected chi connectivity index (χ0v) is 11.1. The van der Waals surface area contributed by atoms with Gasteiger partial charge in [-0.2, -0.15) is 0 Å². The number of nitrogens with one attached hydrogen (secondary N) is 1. The van der Waals surface area contributed by atoms with Crippen molar-refractivity contribution >= 4 is 11.5 Å². The summed E-state index contributed by atoms with van der Waals surface area (Å²) in [6.45, 7) is 1.53. The van der Waals surface area contributed by atoms with Gasteiger partial charge in [0.25, 0.3) is 5.69 Å². The first-order chi connectivity index (χ1) is 9.91. The van der Waals surface area contributed by atoms with E-state index in [9.17, 15) is 14.5 Å². The van der Waals surface area contributed by atoms with E-state index in [0.717, 1.165) is 6.07 Å². The fourth-order valence-corrected chi connectivity index (χ4v) is 1.88. The maximum Gasteiger partial charge on any atom is 0.276 e. The van der Waals surface area contributed by atoms with Crippen molar-refractivity contribution in [3.05, 3.63) is 63.5 Å². The zero-order chi connectivity index (χ0) is 15.6. The highest BCUT2D eigenvalue weighted by Crippen LogP contribution is 2.33. The second-order valence-corrected chi connectivity index (χ2v) is 4.29. The Balaban J connectivity index is 2.49. The number of nitrogens with two attached hydrogens (primary N) is 1. The summed E-state index contributed by atoms with van der Waals surface area (Å²) in [5.74, 6) is -0.933. The molecule has 0 radical (unpaired) electrons. The van der Waals surface area contributed by atoms with Gasteiger partial charge in [0, 0.05) is 6.07 Å². The average Bonchev–Trinajstić information content (AvgIpc) is 2.40. The monoisotopic (exact) mass is 289 g/mol. The first-order valence-corrected chi connectivity index (χ1v) is 5.96. The molecule has 21 heavy (non-hydrogen) atoms. The van der Waals surface area contributed by atoms with Crippen molar-refractivity contribution in [1.82, 2.24) is 0 Å². The Hall–Kier alpha value is -2.96. The summed E-state index contributed by atoms with van der Waals surface area (Å²) in [5.41, 5.74) is 5.37. The Morgan fingerprint density at radius 2 is 1.90 bits per heavy atom. The number of halogens is 1. The predicted molar refractivity (Wildman–Crippen MR) is 75.3 cm³/mol. The number of benzene rings is 2. The minimum absolute atomic E-state index is 0.0334. The molecule has 0 aliphatic carbocycles. The van der Waals surface area contributed by atoms with Crippen LogP contribution in [0, 0.1) is 28.3 Å². The highest BCUT2D eigenvalue weighted by molar-refractivity contribution is 5.98. The summed E-state index contributed by atoms with van der Waals surface area (Å²) in [4.78, 5) is 10.4. The summed E-state index contributed by atoms with van der Waals surface area (Å²) >= 11 is 0. The molecule has 0 atom stereocenters. The number of hydrogen-bond donors (Lipinski definition) is 2. The number of nitro benzene ring substituents is 1. The lowest BCUT2D eigenvalue weighted by atomic mass is 10.1. The summed E-state index contributed by atoms with van der Waals surface area (Å²) in [6.07, 6.45) is 0. The van der Waals surface area contributed by atoms with Crippen molar-refractivity contribution in [3.63, 3.8) is 0 Å². The van der Waals surface area contributed by atoms with Crippen molar-refractivity contribution in [2.45, 2.75) is 6.92 Å². The molecule has 0 bridgehead atoms. The molecule has 0 aliphatic heterocycles. The molecular formula is C14H12FN3O3. The summed E-state index contributed by atoms with van der Waals surface area (Å²) in [5, 5.41) is 18.3. The zero-order valence-electron chi connectivity index (χ0n) is 11.1. The third-order valence-electron chi connectivity index (χ3n) is 2.92. The Kier molecular flexibility index (Phi) is 3.84. The van der Waals surface area contributed by atoms with Crippen LogP contribution in [0.25, 0.3) is 0 Å². The van der Waals surface area contributed by atoms with Gasteiger partial charge in [-0.05, 0) is 25.1 Å². The molecule has 0 aliphatic rings. The highest BCUT2D eigenvalue weighted by Gasteiger charge is 2.18. The van der Waals surface area contributed by atoms with Crippen molar-refractivity contribution in [2.24, 2.45) is 5.73 Å². The molecule has 2 aromatic rings. The van der Waals surface area contributed by atoms with E-state index in [1.165, 1.54) is 37.3 Å². The van der Waals surface area contributed by atoms with Crippen LogP contribution in [-0.4, -0.2) is 10.8 Å². The molecule has 2 aromatic carbocycles. The van der Waals surface area contributed by atoms with E-state index in [2.05, 4.69) is 0 Å². The van der Waals surface area contributed by atoms with Gasteiger partial charge in [-0.1, -0.05) is 12.1 Å². The molecular weight excluding hydrogens is 277 g/mol. The Morgan fingerprint density at radius 3 is 2.52 bits per heavy atom. The lowest BCUT2D eigenvalue weighted by molar-refractivity contribution is -0.385. The maximum atomic E-state index is 13.7. The van der Waals surface area contributed by atoms with Crippen LogP contribution >= 0.6 is 0 Å². The maximum absolute atomic E-state index is 13.7. The number of nitro groups is 1. The molecule has 0 unspecified atom stereocenters. The van der Waals surface area contributed by atoms with Gasteiger partial charge in [-0.15, -0.1) is 0 Å². The van der Waals surface area contributed by atoms with E-state index >= 15 is 0 Å². The number of hydrogen-bond acceptors (Lipinski definition) is 4. The van der Waals surface area contributed by atoms with Crippen molar-refractivity contribution in [3.8, 4) is 11.5 Å². The Labute approximate surface area is 119 Å². The van der Waals surface area contributed by atoms with Crippen LogP contribution < -0.4 is 10.5 Å².